The normalized spacial score (nSPS) is 20.8. The lowest BCUT2D eigenvalue weighted by Crippen LogP contribution is -2.32. The summed E-state index contributed by atoms with van der Waals surface area (Å²) in [7, 11) is 0. The number of rotatable bonds is 2. The van der Waals surface area contributed by atoms with Crippen LogP contribution in [0, 0.1) is 12.7 Å². The van der Waals surface area contributed by atoms with E-state index in [1.165, 1.54) is 12.1 Å². The number of nitrogens with two attached hydrogens (primary N) is 1. The highest BCUT2D eigenvalue weighted by atomic mass is 35.5. The molecule has 0 spiro atoms. The summed E-state index contributed by atoms with van der Waals surface area (Å²) >= 11 is 6.05. The lowest BCUT2D eigenvalue weighted by molar-refractivity contribution is 0.0789. The van der Waals surface area contributed by atoms with Crippen LogP contribution in [0.25, 0.3) is 0 Å². The fourth-order valence-corrected chi connectivity index (χ4v) is 3.27. The minimum Gasteiger partial charge on any atom is -0.336 e. The molecule has 0 bridgehead atoms. The van der Waals surface area contributed by atoms with Crippen LogP contribution in [0.5, 0.6) is 0 Å². The Morgan fingerprint density at radius 3 is 2.65 bits per heavy atom. The Labute approximate surface area is 139 Å². The summed E-state index contributed by atoms with van der Waals surface area (Å²) in [6, 6.07) is 12.5. The summed E-state index contributed by atoms with van der Waals surface area (Å²) in [5.74, 6) is -0.515. The smallest absolute Gasteiger partial charge is 0.255 e. The Morgan fingerprint density at radius 1 is 1.26 bits per heavy atom. The molecule has 120 valence electrons. The second kappa shape index (κ2) is 6.30. The first-order valence-electron chi connectivity index (χ1n) is 7.53. The molecule has 0 radical (unpaired) electrons. The average molecular weight is 333 g/mol. The van der Waals surface area contributed by atoms with Gasteiger partial charge in [0.05, 0.1) is 10.6 Å². The van der Waals surface area contributed by atoms with Gasteiger partial charge in [-0.2, -0.15) is 0 Å². The molecule has 0 saturated carbocycles. The third-order valence-electron chi connectivity index (χ3n) is 4.36. The zero-order valence-corrected chi connectivity index (χ0v) is 13.6. The van der Waals surface area contributed by atoms with Gasteiger partial charge in [-0.05, 0) is 30.2 Å². The minimum atomic E-state index is -0.410. The van der Waals surface area contributed by atoms with Gasteiger partial charge in [0, 0.05) is 25.0 Å². The van der Waals surface area contributed by atoms with E-state index in [1.807, 2.05) is 30.3 Å². The second-order valence-corrected chi connectivity index (χ2v) is 6.38. The monoisotopic (exact) mass is 332 g/mol. The molecule has 1 fully saturated rings. The zero-order chi connectivity index (χ0) is 16.6. The van der Waals surface area contributed by atoms with Crippen molar-refractivity contribution in [3.8, 4) is 0 Å². The standard InChI is InChI=1S/C18H18ClFN2O/c1-11-7-13(15(19)8-16(11)20)18(23)22-9-14(17(21)10-22)12-5-3-2-4-6-12/h2-8,14,17H,9-10,21H2,1H3/t14-,17+/m0/s1. The van der Waals surface area contributed by atoms with Crippen LogP contribution in [0.15, 0.2) is 42.5 Å². The fourth-order valence-electron chi connectivity index (χ4n) is 3.04. The number of likely N-dealkylation sites (tertiary alicyclic amines) is 1. The highest BCUT2D eigenvalue weighted by Crippen LogP contribution is 2.29. The first-order valence-corrected chi connectivity index (χ1v) is 7.90. The summed E-state index contributed by atoms with van der Waals surface area (Å²) in [6.45, 7) is 2.62. The van der Waals surface area contributed by atoms with E-state index in [0.717, 1.165) is 5.56 Å². The number of amides is 1. The van der Waals surface area contributed by atoms with Crippen molar-refractivity contribution in [1.82, 2.24) is 4.90 Å². The summed E-state index contributed by atoms with van der Waals surface area (Å²) < 4.78 is 13.5. The molecule has 0 unspecified atom stereocenters. The number of aryl methyl sites for hydroxylation is 1. The molecular formula is C18H18ClFN2O. The van der Waals surface area contributed by atoms with Crippen molar-refractivity contribution < 1.29 is 9.18 Å². The molecule has 1 saturated heterocycles. The van der Waals surface area contributed by atoms with Gasteiger partial charge in [-0.3, -0.25) is 4.79 Å². The Kier molecular flexibility index (Phi) is 4.37. The lowest BCUT2D eigenvalue weighted by Gasteiger charge is -2.18. The number of hydrogen-bond donors (Lipinski definition) is 1. The van der Waals surface area contributed by atoms with Gasteiger partial charge >= 0.3 is 0 Å². The van der Waals surface area contributed by atoms with Crippen molar-refractivity contribution in [3.63, 3.8) is 0 Å². The molecule has 3 rings (SSSR count). The Bertz CT molecular complexity index is 735. The molecule has 23 heavy (non-hydrogen) atoms. The number of benzene rings is 2. The zero-order valence-electron chi connectivity index (χ0n) is 12.8. The van der Waals surface area contributed by atoms with Gasteiger partial charge in [0.1, 0.15) is 5.82 Å². The molecule has 1 aliphatic rings. The summed E-state index contributed by atoms with van der Waals surface area (Å²) in [5.41, 5.74) is 8.07. The van der Waals surface area contributed by atoms with Crippen LogP contribution in [0.4, 0.5) is 4.39 Å². The second-order valence-electron chi connectivity index (χ2n) is 5.97. The molecule has 2 aromatic rings. The van der Waals surface area contributed by atoms with Gasteiger partial charge in [0.25, 0.3) is 5.91 Å². The third-order valence-corrected chi connectivity index (χ3v) is 4.67. The molecule has 3 nitrogen and oxygen atoms in total. The quantitative estimate of drug-likeness (QED) is 0.916. The number of halogens is 2. The van der Waals surface area contributed by atoms with Gasteiger partial charge in [0.15, 0.2) is 0 Å². The molecule has 0 aromatic heterocycles. The number of hydrogen-bond acceptors (Lipinski definition) is 2. The van der Waals surface area contributed by atoms with E-state index in [9.17, 15) is 9.18 Å². The van der Waals surface area contributed by atoms with E-state index < -0.39 is 5.82 Å². The lowest BCUT2D eigenvalue weighted by atomic mass is 9.95. The van der Waals surface area contributed by atoms with Gasteiger partial charge in [-0.1, -0.05) is 41.9 Å². The van der Waals surface area contributed by atoms with E-state index in [-0.39, 0.29) is 22.9 Å². The van der Waals surface area contributed by atoms with Crippen molar-refractivity contribution in [2.45, 2.75) is 18.9 Å². The van der Waals surface area contributed by atoms with Crippen molar-refractivity contribution in [3.05, 3.63) is 70.0 Å². The van der Waals surface area contributed by atoms with Crippen molar-refractivity contribution in [1.29, 1.82) is 0 Å². The highest BCUT2D eigenvalue weighted by molar-refractivity contribution is 6.33. The first-order chi connectivity index (χ1) is 11.0. The molecular weight excluding hydrogens is 315 g/mol. The predicted molar refractivity (Wildman–Crippen MR) is 89.2 cm³/mol. The SMILES string of the molecule is Cc1cc(C(=O)N2C[C@@H](N)[C@H](c3ccccc3)C2)c(Cl)cc1F. The number of carbonyl (C=O) groups excluding carboxylic acids is 1. The molecule has 2 N–H and O–H groups in total. The maximum Gasteiger partial charge on any atom is 0.255 e. The summed E-state index contributed by atoms with van der Waals surface area (Å²) in [4.78, 5) is 14.4. The van der Waals surface area contributed by atoms with Gasteiger partial charge in [-0.15, -0.1) is 0 Å². The van der Waals surface area contributed by atoms with E-state index in [0.29, 0.717) is 24.2 Å². The van der Waals surface area contributed by atoms with Gasteiger partial charge in [0.2, 0.25) is 0 Å². The van der Waals surface area contributed by atoms with Crippen LogP contribution >= 0.6 is 11.6 Å². The van der Waals surface area contributed by atoms with Gasteiger partial charge in [-0.25, -0.2) is 4.39 Å². The van der Waals surface area contributed by atoms with Crippen LogP contribution in [-0.2, 0) is 0 Å². The molecule has 0 aliphatic carbocycles. The number of nitrogens with zero attached hydrogens (tertiary/aromatic N) is 1. The summed E-state index contributed by atoms with van der Waals surface area (Å²) in [5, 5.41) is 0.134. The summed E-state index contributed by atoms with van der Waals surface area (Å²) in [6.07, 6.45) is 0. The largest absolute Gasteiger partial charge is 0.336 e. The van der Waals surface area contributed by atoms with E-state index in [4.69, 9.17) is 17.3 Å². The number of carbonyl (C=O) groups is 1. The maximum absolute atomic E-state index is 13.5. The maximum atomic E-state index is 13.5. The van der Waals surface area contributed by atoms with Crippen molar-refractivity contribution in [2.24, 2.45) is 5.73 Å². The topological polar surface area (TPSA) is 46.3 Å². The fraction of sp³-hybridized carbons (Fsp3) is 0.278. The van der Waals surface area contributed by atoms with Crippen LogP contribution in [0.1, 0.15) is 27.4 Å². The third kappa shape index (κ3) is 3.09. The van der Waals surface area contributed by atoms with E-state index in [2.05, 4.69) is 0 Å². The van der Waals surface area contributed by atoms with E-state index >= 15 is 0 Å². The van der Waals surface area contributed by atoms with Crippen LogP contribution in [0.2, 0.25) is 5.02 Å². The van der Waals surface area contributed by atoms with Crippen molar-refractivity contribution >= 4 is 17.5 Å². The molecule has 5 heteroatoms. The molecule has 1 heterocycles. The van der Waals surface area contributed by atoms with Crippen molar-refractivity contribution in [2.75, 3.05) is 13.1 Å². The Hall–Kier alpha value is -1.91. The van der Waals surface area contributed by atoms with Crippen LogP contribution < -0.4 is 5.73 Å². The Morgan fingerprint density at radius 2 is 1.96 bits per heavy atom. The minimum absolute atomic E-state index is 0.0977. The predicted octanol–water partition coefficient (Wildman–Crippen LogP) is 3.35. The molecule has 2 atom stereocenters. The molecule has 1 amide bonds. The molecule has 1 aliphatic heterocycles. The first kappa shape index (κ1) is 16.0. The average Bonchev–Trinajstić information content (AvgIpc) is 2.93. The highest BCUT2D eigenvalue weighted by Gasteiger charge is 2.34. The van der Waals surface area contributed by atoms with E-state index in [1.54, 1.807) is 11.8 Å². The van der Waals surface area contributed by atoms with Crippen LogP contribution in [-0.4, -0.2) is 29.9 Å². The van der Waals surface area contributed by atoms with Gasteiger partial charge < -0.3 is 10.6 Å². The Balaban J connectivity index is 1.84. The van der Waals surface area contributed by atoms with Crippen LogP contribution in [0.3, 0.4) is 0 Å². The molecule has 2 aromatic carbocycles.